The Bertz CT molecular complexity index is 684. The van der Waals surface area contributed by atoms with E-state index in [0.29, 0.717) is 31.0 Å². The molecule has 1 aromatic rings. The van der Waals surface area contributed by atoms with E-state index in [-0.39, 0.29) is 23.7 Å². The van der Waals surface area contributed by atoms with E-state index in [0.717, 1.165) is 19.3 Å². The van der Waals surface area contributed by atoms with Crippen molar-refractivity contribution in [3.8, 4) is 5.75 Å². The van der Waals surface area contributed by atoms with Gasteiger partial charge in [-0.2, -0.15) is 0 Å². The molecule has 2 unspecified atom stereocenters. The molecule has 2 amide bonds. The lowest BCUT2D eigenvalue weighted by atomic mass is 9.97. The molecule has 5 heteroatoms. The molecule has 2 aliphatic rings. The molecule has 0 aromatic heterocycles. The summed E-state index contributed by atoms with van der Waals surface area (Å²) in [6.45, 7) is 3.11. The zero-order valence-electron chi connectivity index (χ0n) is 15.4. The van der Waals surface area contributed by atoms with Gasteiger partial charge in [0.1, 0.15) is 5.75 Å². The second-order valence-electron chi connectivity index (χ2n) is 7.02. The Labute approximate surface area is 155 Å². The van der Waals surface area contributed by atoms with Crippen molar-refractivity contribution >= 4 is 17.5 Å². The summed E-state index contributed by atoms with van der Waals surface area (Å²) in [6, 6.07) is 7.37. The van der Waals surface area contributed by atoms with Crippen LogP contribution in [0.3, 0.4) is 0 Å². The normalized spacial score (nSPS) is 21.5. The van der Waals surface area contributed by atoms with Gasteiger partial charge in [0.25, 0.3) is 0 Å². The van der Waals surface area contributed by atoms with Gasteiger partial charge in [-0.25, -0.2) is 0 Å². The van der Waals surface area contributed by atoms with Crippen LogP contribution in [0.2, 0.25) is 0 Å². The van der Waals surface area contributed by atoms with Crippen molar-refractivity contribution < 1.29 is 14.3 Å². The second kappa shape index (κ2) is 8.88. The summed E-state index contributed by atoms with van der Waals surface area (Å²) >= 11 is 0. The Hall–Kier alpha value is -2.30. The Kier molecular flexibility index (Phi) is 6.31. The monoisotopic (exact) mass is 356 g/mol. The average molecular weight is 356 g/mol. The van der Waals surface area contributed by atoms with Gasteiger partial charge in [-0.3, -0.25) is 9.59 Å². The number of rotatable bonds is 8. The van der Waals surface area contributed by atoms with Crippen LogP contribution in [0.15, 0.2) is 35.9 Å². The van der Waals surface area contributed by atoms with Gasteiger partial charge in [0.2, 0.25) is 11.8 Å². The Morgan fingerprint density at radius 1 is 1.15 bits per heavy atom. The number of carbonyl (C=O) groups is 2. The number of hydrogen-bond acceptors (Lipinski definition) is 3. The minimum absolute atomic E-state index is 0.000322. The van der Waals surface area contributed by atoms with Crippen LogP contribution in [-0.2, 0) is 9.59 Å². The number of ether oxygens (including phenoxy) is 1. The summed E-state index contributed by atoms with van der Waals surface area (Å²) in [5.41, 5.74) is 2.11. The Morgan fingerprint density at radius 2 is 1.96 bits per heavy atom. The predicted octanol–water partition coefficient (Wildman–Crippen LogP) is 3.67. The molecule has 1 fully saturated rings. The standard InChI is InChI=1S/C21H28N2O3/c1-2-26-19-11-7-6-10-18(19)23-21(25)17-14-16(17)20(24)22-13-12-15-8-4-3-5-9-15/h6-8,10-11,16-17H,2-5,9,12-14H2,1H3,(H,22,24)(H,23,25). The molecular weight excluding hydrogens is 328 g/mol. The highest BCUT2D eigenvalue weighted by Gasteiger charge is 2.48. The maximum Gasteiger partial charge on any atom is 0.228 e. The number of hydrogen-bond donors (Lipinski definition) is 2. The van der Waals surface area contributed by atoms with Crippen LogP contribution in [0.25, 0.3) is 0 Å². The number of para-hydroxylation sites is 2. The summed E-state index contributed by atoms with van der Waals surface area (Å²) in [7, 11) is 0. The van der Waals surface area contributed by atoms with Gasteiger partial charge in [0.05, 0.1) is 24.1 Å². The molecule has 0 bridgehead atoms. The van der Waals surface area contributed by atoms with Crippen molar-refractivity contribution in [1.82, 2.24) is 5.32 Å². The van der Waals surface area contributed by atoms with E-state index in [4.69, 9.17) is 4.74 Å². The smallest absolute Gasteiger partial charge is 0.228 e. The minimum Gasteiger partial charge on any atom is -0.492 e. The topological polar surface area (TPSA) is 67.4 Å². The average Bonchev–Trinajstić information content (AvgIpc) is 3.45. The first-order valence-corrected chi connectivity index (χ1v) is 9.67. The van der Waals surface area contributed by atoms with Crippen molar-refractivity contribution in [2.24, 2.45) is 11.8 Å². The highest BCUT2D eigenvalue weighted by molar-refractivity contribution is 6.00. The van der Waals surface area contributed by atoms with Crippen LogP contribution in [0.4, 0.5) is 5.69 Å². The molecule has 0 spiro atoms. The summed E-state index contributed by atoms with van der Waals surface area (Å²) in [5, 5.41) is 5.88. The van der Waals surface area contributed by atoms with Crippen LogP contribution in [0, 0.1) is 11.8 Å². The molecule has 0 saturated heterocycles. The third-order valence-corrected chi connectivity index (χ3v) is 5.04. The molecule has 140 valence electrons. The molecule has 0 heterocycles. The molecule has 26 heavy (non-hydrogen) atoms. The SMILES string of the molecule is CCOc1ccccc1NC(=O)C1CC1C(=O)NCCC1=CCCCC1. The largest absolute Gasteiger partial charge is 0.492 e. The molecule has 2 N–H and O–H groups in total. The van der Waals surface area contributed by atoms with E-state index in [1.54, 1.807) is 0 Å². The van der Waals surface area contributed by atoms with E-state index < -0.39 is 0 Å². The first-order valence-electron chi connectivity index (χ1n) is 9.67. The molecule has 1 saturated carbocycles. The number of allylic oxidation sites excluding steroid dienone is 1. The zero-order valence-corrected chi connectivity index (χ0v) is 15.4. The van der Waals surface area contributed by atoms with Gasteiger partial charge in [0, 0.05) is 6.54 Å². The van der Waals surface area contributed by atoms with E-state index >= 15 is 0 Å². The molecule has 5 nitrogen and oxygen atoms in total. The van der Waals surface area contributed by atoms with Crippen LogP contribution >= 0.6 is 0 Å². The van der Waals surface area contributed by atoms with Gasteiger partial charge in [-0.15, -0.1) is 0 Å². The fourth-order valence-corrected chi connectivity index (χ4v) is 3.46. The maximum absolute atomic E-state index is 12.4. The highest BCUT2D eigenvalue weighted by Crippen LogP contribution is 2.40. The molecular formula is C21H28N2O3. The van der Waals surface area contributed by atoms with E-state index in [1.165, 1.54) is 18.4 Å². The van der Waals surface area contributed by atoms with Gasteiger partial charge in [0.15, 0.2) is 0 Å². The molecule has 0 aliphatic heterocycles. The van der Waals surface area contributed by atoms with Crippen molar-refractivity contribution in [2.75, 3.05) is 18.5 Å². The van der Waals surface area contributed by atoms with Gasteiger partial charge < -0.3 is 15.4 Å². The van der Waals surface area contributed by atoms with Crippen LogP contribution in [0.5, 0.6) is 5.75 Å². The highest BCUT2D eigenvalue weighted by atomic mass is 16.5. The van der Waals surface area contributed by atoms with Crippen molar-refractivity contribution in [1.29, 1.82) is 0 Å². The molecule has 2 atom stereocenters. The summed E-state index contributed by atoms with van der Waals surface area (Å²) in [5.74, 6) is 0.117. The number of benzene rings is 1. The Morgan fingerprint density at radius 3 is 2.73 bits per heavy atom. The summed E-state index contributed by atoms with van der Waals surface area (Å²) in [6.07, 6.45) is 8.71. The summed E-state index contributed by atoms with van der Waals surface area (Å²) < 4.78 is 5.52. The lowest BCUT2D eigenvalue weighted by Crippen LogP contribution is -2.28. The van der Waals surface area contributed by atoms with E-state index in [9.17, 15) is 9.59 Å². The van der Waals surface area contributed by atoms with Gasteiger partial charge >= 0.3 is 0 Å². The minimum atomic E-state index is -0.237. The Balaban J connectivity index is 1.43. The summed E-state index contributed by atoms with van der Waals surface area (Å²) in [4.78, 5) is 24.7. The van der Waals surface area contributed by atoms with Crippen LogP contribution in [0.1, 0.15) is 45.4 Å². The second-order valence-corrected chi connectivity index (χ2v) is 7.02. The van der Waals surface area contributed by atoms with E-state index in [1.807, 2.05) is 31.2 Å². The van der Waals surface area contributed by atoms with E-state index in [2.05, 4.69) is 16.7 Å². The third kappa shape index (κ3) is 4.87. The third-order valence-electron chi connectivity index (χ3n) is 5.04. The predicted molar refractivity (Wildman–Crippen MR) is 102 cm³/mol. The lowest BCUT2D eigenvalue weighted by Gasteiger charge is -2.13. The van der Waals surface area contributed by atoms with Crippen LogP contribution in [-0.4, -0.2) is 25.0 Å². The van der Waals surface area contributed by atoms with Crippen molar-refractivity contribution in [3.63, 3.8) is 0 Å². The molecule has 3 rings (SSSR count). The van der Waals surface area contributed by atoms with Crippen molar-refractivity contribution in [3.05, 3.63) is 35.9 Å². The number of amides is 2. The first-order chi connectivity index (χ1) is 12.7. The number of nitrogens with one attached hydrogen (secondary N) is 2. The number of anilines is 1. The van der Waals surface area contributed by atoms with Gasteiger partial charge in [-0.05, 0) is 57.6 Å². The number of carbonyl (C=O) groups excluding carboxylic acids is 2. The van der Waals surface area contributed by atoms with Crippen LogP contribution < -0.4 is 15.4 Å². The fourth-order valence-electron chi connectivity index (χ4n) is 3.46. The van der Waals surface area contributed by atoms with Crippen molar-refractivity contribution in [2.45, 2.75) is 45.4 Å². The van der Waals surface area contributed by atoms with Gasteiger partial charge in [-0.1, -0.05) is 23.8 Å². The molecule has 0 radical (unpaired) electrons. The first kappa shape index (κ1) is 18.5. The fraction of sp³-hybridized carbons (Fsp3) is 0.524. The molecule has 2 aliphatic carbocycles. The quantitative estimate of drug-likeness (QED) is 0.699. The maximum atomic E-state index is 12.4. The lowest BCUT2D eigenvalue weighted by molar-refractivity contribution is -0.125. The zero-order chi connectivity index (χ0) is 18.4. The molecule has 1 aromatic carbocycles.